The number of nitrogens with one attached hydrogen (secondary N) is 2. The zero-order valence-corrected chi connectivity index (χ0v) is 26.5. The molecule has 1 saturated carbocycles. The molecule has 4 aromatic rings. The third kappa shape index (κ3) is 9.00. The predicted octanol–water partition coefficient (Wildman–Crippen LogP) is 5.83. The average Bonchev–Trinajstić information content (AvgIpc) is 3.88. The molecule has 9 nitrogen and oxygen atoms in total. The molecule has 1 aliphatic rings. The number of carbonyl (C=O) groups is 3. The van der Waals surface area contributed by atoms with E-state index in [-0.39, 0.29) is 30.7 Å². The molecule has 1 atom stereocenters. The molecule has 46 heavy (non-hydrogen) atoms. The Labute approximate surface area is 269 Å². The van der Waals surface area contributed by atoms with Crippen LogP contribution in [-0.2, 0) is 21.4 Å². The van der Waals surface area contributed by atoms with Gasteiger partial charge in [-0.05, 0) is 65.1 Å². The van der Waals surface area contributed by atoms with Crippen LogP contribution in [0.25, 0.3) is 22.5 Å². The van der Waals surface area contributed by atoms with Crippen molar-refractivity contribution in [3.63, 3.8) is 0 Å². The number of nitrogens with zero attached hydrogens (tertiary/aromatic N) is 2. The molecular formula is C37H40N4O5. The lowest BCUT2D eigenvalue weighted by Crippen LogP contribution is -2.48. The minimum absolute atomic E-state index is 0.0363. The number of benzene rings is 3. The van der Waals surface area contributed by atoms with Crippen molar-refractivity contribution in [2.24, 2.45) is 5.92 Å². The van der Waals surface area contributed by atoms with E-state index in [0.717, 1.165) is 40.2 Å². The lowest BCUT2D eigenvalue weighted by atomic mass is 9.86. The number of carboxylic acid groups (broad SMARTS) is 1. The van der Waals surface area contributed by atoms with Gasteiger partial charge in [0.25, 0.3) is 5.91 Å². The second-order valence-corrected chi connectivity index (χ2v) is 12.8. The molecule has 238 valence electrons. The van der Waals surface area contributed by atoms with Crippen LogP contribution >= 0.6 is 0 Å². The first-order valence-corrected chi connectivity index (χ1v) is 15.6. The molecule has 1 aliphatic carbocycles. The van der Waals surface area contributed by atoms with Crippen LogP contribution in [0.15, 0.2) is 85.2 Å². The number of carbonyl (C=O) groups excluding carboxylic acids is 2. The molecule has 9 heteroatoms. The molecule has 0 spiro atoms. The third-order valence-electron chi connectivity index (χ3n) is 7.95. The van der Waals surface area contributed by atoms with Gasteiger partial charge in [-0.25, -0.2) is 9.97 Å². The second kappa shape index (κ2) is 14.4. The second-order valence-electron chi connectivity index (χ2n) is 12.8. The van der Waals surface area contributed by atoms with Gasteiger partial charge in [0.1, 0.15) is 11.8 Å². The van der Waals surface area contributed by atoms with E-state index in [1.54, 1.807) is 24.5 Å². The molecule has 1 unspecified atom stereocenters. The molecule has 1 heterocycles. The van der Waals surface area contributed by atoms with Crippen LogP contribution in [0.1, 0.15) is 61.5 Å². The van der Waals surface area contributed by atoms with Gasteiger partial charge in [0.15, 0.2) is 5.82 Å². The highest BCUT2D eigenvalue weighted by Crippen LogP contribution is 2.30. The monoisotopic (exact) mass is 620 g/mol. The van der Waals surface area contributed by atoms with E-state index in [0.29, 0.717) is 17.3 Å². The molecule has 0 aliphatic heterocycles. The number of hydrogen-bond acceptors (Lipinski definition) is 6. The summed E-state index contributed by atoms with van der Waals surface area (Å²) >= 11 is 0. The Bertz CT molecular complexity index is 1640. The first-order valence-electron chi connectivity index (χ1n) is 15.6. The smallest absolute Gasteiger partial charge is 0.305 e. The Morgan fingerprint density at radius 2 is 1.50 bits per heavy atom. The van der Waals surface area contributed by atoms with Crippen molar-refractivity contribution in [2.45, 2.75) is 57.9 Å². The molecule has 5 rings (SSSR count). The molecule has 0 bridgehead atoms. The number of hydrogen-bond donors (Lipinski definition) is 3. The topological polar surface area (TPSA) is 131 Å². The van der Waals surface area contributed by atoms with E-state index < -0.39 is 17.9 Å². The van der Waals surface area contributed by atoms with Crippen LogP contribution < -0.4 is 15.4 Å². The highest BCUT2D eigenvalue weighted by atomic mass is 16.5. The summed E-state index contributed by atoms with van der Waals surface area (Å²) in [5.41, 5.74) is 4.99. The van der Waals surface area contributed by atoms with E-state index in [2.05, 4.69) is 41.4 Å². The molecular weight excluding hydrogens is 580 g/mol. The number of aliphatic carboxylic acids is 1. The van der Waals surface area contributed by atoms with Crippen molar-refractivity contribution in [3.05, 3.63) is 102 Å². The maximum absolute atomic E-state index is 13.1. The first kappa shape index (κ1) is 32.3. The summed E-state index contributed by atoms with van der Waals surface area (Å²) < 4.78 is 5.83. The maximum atomic E-state index is 13.1. The van der Waals surface area contributed by atoms with Crippen LogP contribution in [0, 0.1) is 5.92 Å². The molecule has 0 radical (unpaired) electrons. The normalized spacial score (nSPS) is 13.5. The van der Waals surface area contributed by atoms with Crippen LogP contribution in [-0.4, -0.2) is 52.1 Å². The molecule has 1 aromatic heterocycles. The molecule has 2 amide bonds. The minimum atomic E-state index is -1.02. The fourth-order valence-corrected chi connectivity index (χ4v) is 4.88. The van der Waals surface area contributed by atoms with E-state index in [9.17, 15) is 14.4 Å². The Kier molecular flexibility index (Phi) is 10.1. The predicted molar refractivity (Wildman–Crippen MR) is 176 cm³/mol. The summed E-state index contributed by atoms with van der Waals surface area (Å²) in [6.07, 6.45) is 6.09. The van der Waals surface area contributed by atoms with Gasteiger partial charge in [0, 0.05) is 42.0 Å². The van der Waals surface area contributed by atoms with E-state index in [1.807, 2.05) is 60.7 Å². The van der Waals surface area contributed by atoms with Gasteiger partial charge in [-0.3, -0.25) is 14.4 Å². The summed E-state index contributed by atoms with van der Waals surface area (Å²) in [7, 11) is 0. The van der Waals surface area contributed by atoms with Crippen molar-refractivity contribution < 1.29 is 24.2 Å². The molecule has 3 aromatic carbocycles. The summed E-state index contributed by atoms with van der Waals surface area (Å²) in [6.45, 7) is 7.02. The number of carboxylic acids is 1. The van der Waals surface area contributed by atoms with Crippen molar-refractivity contribution in [1.29, 1.82) is 0 Å². The van der Waals surface area contributed by atoms with E-state index in [1.165, 1.54) is 12.8 Å². The Morgan fingerprint density at radius 1 is 0.870 bits per heavy atom. The average molecular weight is 621 g/mol. The third-order valence-corrected chi connectivity index (χ3v) is 7.95. The highest BCUT2D eigenvalue weighted by molar-refractivity contribution is 5.97. The van der Waals surface area contributed by atoms with Crippen LogP contribution in [0.3, 0.4) is 0 Å². The summed E-state index contributed by atoms with van der Waals surface area (Å²) in [4.78, 5) is 46.3. The van der Waals surface area contributed by atoms with Gasteiger partial charge >= 0.3 is 5.97 Å². The first-order chi connectivity index (χ1) is 22.0. The van der Waals surface area contributed by atoms with E-state index in [4.69, 9.17) is 9.84 Å². The largest absolute Gasteiger partial charge is 0.493 e. The van der Waals surface area contributed by atoms with Gasteiger partial charge in [-0.2, -0.15) is 0 Å². The minimum Gasteiger partial charge on any atom is -0.493 e. The fourth-order valence-electron chi connectivity index (χ4n) is 4.88. The summed E-state index contributed by atoms with van der Waals surface area (Å²) in [5, 5.41) is 14.4. The number of aromatic nitrogens is 2. The molecule has 0 saturated heterocycles. The molecule has 1 fully saturated rings. The van der Waals surface area contributed by atoms with Crippen molar-refractivity contribution in [2.75, 3.05) is 13.2 Å². The number of amides is 2. The quantitative estimate of drug-likeness (QED) is 0.171. The van der Waals surface area contributed by atoms with Crippen molar-refractivity contribution in [1.82, 2.24) is 20.6 Å². The van der Waals surface area contributed by atoms with Crippen molar-refractivity contribution in [3.8, 4) is 28.3 Å². The van der Waals surface area contributed by atoms with Crippen LogP contribution in [0.4, 0.5) is 0 Å². The summed E-state index contributed by atoms with van der Waals surface area (Å²) in [6, 6.07) is 21.8. The van der Waals surface area contributed by atoms with Gasteiger partial charge in [0.2, 0.25) is 5.91 Å². The number of ether oxygens (including phenoxy) is 1. The Morgan fingerprint density at radius 3 is 2.09 bits per heavy atom. The molecule has 3 N–H and O–H groups in total. The van der Waals surface area contributed by atoms with Crippen molar-refractivity contribution >= 4 is 17.8 Å². The Balaban J connectivity index is 1.24. The van der Waals surface area contributed by atoms with Crippen LogP contribution in [0.5, 0.6) is 5.75 Å². The SMILES string of the molecule is CC(C)(C)c1ccc(C(=O)NC(Cc2ccc(-c3ncc(-c4ccc(OCC5CC5)cc4)cn3)cc2)C(=O)NCCC(=O)O)cc1. The van der Waals surface area contributed by atoms with E-state index >= 15 is 0 Å². The van der Waals surface area contributed by atoms with Gasteiger partial charge in [-0.1, -0.05) is 69.3 Å². The standard InChI is InChI=1S/C37H40N4O5/c1-37(2,3)30-14-10-28(11-15-30)35(44)41-32(36(45)38-19-18-33(42)43)20-24-6-8-27(9-7-24)34-39-21-29(22-40-34)26-12-16-31(17-13-26)46-23-25-4-5-25/h6-17,21-22,25,32H,4-5,18-20,23H2,1-3H3,(H,38,45)(H,41,44)(H,42,43). The number of rotatable bonds is 13. The zero-order chi connectivity index (χ0) is 32.7. The van der Waals surface area contributed by atoms with Gasteiger partial charge in [-0.15, -0.1) is 0 Å². The zero-order valence-electron chi connectivity index (χ0n) is 26.5. The lowest BCUT2D eigenvalue weighted by Gasteiger charge is -2.20. The van der Waals surface area contributed by atoms with Crippen LogP contribution in [0.2, 0.25) is 0 Å². The van der Waals surface area contributed by atoms with Gasteiger partial charge < -0.3 is 20.5 Å². The summed E-state index contributed by atoms with van der Waals surface area (Å²) in [5.74, 6) is 0.277. The fraction of sp³-hybridized carbons (Fsp3) is 0.324. The lowest BCUT2D eigenvalue weighted by molar-refractivity contribution is -0.137. The maximum Gasteiger partial charge on any atom is 0.305 e. The Hall–Kier alpha value is -5.05. The van der Waals surface area contributed by atoms with Gasteiger partial charge in [0.05, 0.1) is 13.0 Å². The highest BCUT2D eigenvalue weighted by Gasteiger charge is 2.23.